The van der Waals surface area contributed by atoms with Crippen molar-refractivity contribution in [3.8, 4) is 10.4 Å². The zero-order valence-corrected chi connectivity index (χ0v) is 16.9. The van der Waals surface area contributed by atoms with E-state index in [1.54, 1.807) is 4.90 Å². The fourth-order valence-electron chi connectivity index (χ4n) is 3.03. The van der Waals surface area contributed by atoms with Crippen LogP contribution in [0.3, 0.4) is 0 Å². The van der Waals surface area contributed by atoms with Crippen molar-refractivity contribution in [2.24, 2.45) is 5.73 Å². The van der Waals surface area contributed by atoms with E-state index in [1.165, 1.54) is 11.3 Å². The van der Waals surface area contributed by atoms with E-state index in [0.717, 1.165) is 27.4 Å². The minimum Gasteiger partial charge on any atom is -0.444 e. The Kier molecular flexibility index (Phi) is 5.24. The summed E-state index contributed by atoms with van der Waals surface area (Å²) in [6, 6.07) is 7.94. The van der Waals surface area contributed by atoms with Crippen LogP contribution in [0.5, 0.6) is 0 Å². The second-order valence-corrected chi connectivity index (χ2v) is 8.90. The lowest BCUT2D eigenvalue weighted by atomic mass is 10.1. The van der Waals surface area contributed by atoms with E-state index in [2.05, 4.69) is 4.98 Å². The normalized spacial score (nSPS) is 17.2. The van der Waals surface area contributed by atoms with Gasteiger partial charge in [-0.1, -0.05) is 29.8 Å². The summed E-state index contributed by atoms with van der Waals surface area (Å²) in [6.07, 6.45) is 0.480. The van der Waals surface area contributed by atoms with E-state index < -0.39 is 11.5 Å². The fraction of sp³-hybridized carbons (Fsp3) is 0.450. The van der Waals surface area contributed by atoms with Crippen LogP contribution in [0.4, 0.5) is 4.79 Å². The van der Waals surface area contributed by atoms with Crippen LogP contribution in [-0.4, -0.2) is 40.6 Å². The van der Waals surface area contributed by atoms with Crippen LogP contribution in [0.15, 0.2) is 24.3 Å². The van der Waals surface area contributed by atoms with Gasteiger partial charge in [-0.05, 0) is 39.7 Å². The van der Waals surface area contributed by atoms with Crippen molar-refractivity contribution in [3.63, 3.8) is 0 Å². The maximum absolute atomic E-state index is 12.3. The van der Waals surface area contributed by atoms with Crippen molar-refractivity contribution >= 4 is 23.3 Å². The number of hydrogen-bond acceptors (Lipinski definition) is 5. The molecular formula is C20H25N3O3S. The molecular weight excluding hydrogens is 362 g/mol. The second kappa shape index (κ2) is 7.31. The minimum atomic E-state index is -0.532. The summed E-state index contributed by atoms with van der Waals surface area (Å²) >= 11 is 1.48. The van der Waals surface area contributed by atoms with Crippen LogP contribution < -0.4 is 5.73 Å². The van der Waals surface area contributed by atoms with E-state index in [4.69, 9.17) is 10.5 Å². The summed E-state index contributed by atoms with van der Waals surface area (Å²) < 4.78 is 5.45. The number of aromatic nitrogens is 1. The first-order valence-corrected chi connectivity index (χ1v) is 9.81. The zero-order chi connectivity index (χ0) is 19.8. The number of carbonyl (C=O) groups is 2. The van der Waals surface area contributed by atoms with Gasteiger partial charge in [0, 0.05) is 19.0 Å². The van der Waals surface area contributed by atoms with Crippen LogP contribution in [0.2, 0.25) is 0 Å². The number of hydrogen-bond donors (Lipinski definition) is 1. The standard InChI is InChI=1S/C20H25N3O3S/c1-12-5-7-13(8-6-12)16-15(17(21)24)22-18(27-16)14-9-10-23(11-14)19(25)26-20(2,3)4/h5-8,14H,9-11H2,1-4H3,(H2,21,24). The van der Waals surface area contributed by atoms with E-state index >= 15 is 0 Å². The number of nitrogens with zero attached hydrogens (tertiary/aromatic N) is 2. The van der Waals surface area contributed by atoms with Crippen molar-refractivity contribution in [1.82, 2.24) is 9.88 Å². The summed E-state index contributed by atoms with van der Waals surface area (Å²) in [5, 5.41) is 0.838. The lowest BCUT2D eigenvalue weighted by molar-refractivity contribution is 0.0292. The Balaban J connectivity index is 1.82. The first-order valence-electron chi connectivity index (χ1n) is 8.99. The van der Waals surface area contributed by atoms with Gasteiger partial charge in [-0.3, -0.25) is 4.79 Å². The fourth-order valence-corrected chi connectivity index (χ4v) is 4.24. The quantitative estimate of drug-likeness (QED) is 0.864. The van der Waals surface area contributed by atoms with Gasteiger partial charge in [0.05, 0.1) is 9.88 Å². The van der Waals surface area contributed by atoms with Gasteiger partial charge in [0.2, 0.25) is 0 Å². The zero-order valence-electron chi connectivity index (χ0n) is 16.1. The Labute approximate surface area is 163 Å². The molecule has 0 bridgehead atoms. The first-order chi connectivity index (χ1) is 12.6. The molecule has 1 aliphatic rings. The molecule has 144 valence electrons. The molecule has 6 nitrogen and oxygen atoms in total. The maximum Gasteiger partial charge on any atom is 0.410 e. The molecule has 7 heteroatoms. The summed E-state index contributed by atoms with van der Waals surface area (Å²) in [5.74, 6) is -0.449. The van der Waals surface area contributed by atoms with Crippen LogP contribution in [0, 0.1) is 6.92 Å². The number of ether oxygens (including phenoxy) is 1. The number of nitrogens with two attached hydrogens (primary N) is 1. The number of carbonyl (C=O) groups excluding carboxylic acids is 2. The third-order valence-corrected chi connectivity index (χ3v) is 5.65. The highest BCUT2D eigenvalue weighted by molar-refractivity contribution is 7.15. The lowest BCUT2D eigenvalue weighted by Gasteiger charge is -2.24. The Morgan fingerprint density at radius 1 is 1.26 bits per heavy atom. The highest BCUT2D eigenvalue weighted by Gasteiger charge is 2.33. The van der Waals surface area contributed by atoms with Crippen molar-refractivity contribution < 1.29 is 14.3 Å². The first kappa shape index (κ1) is 19.4. The minimum absolute atomic E-state index is 0.0832. The number of aryl methyl sites for hydroxylation is 1. The second-order valence-electron chi connectivity index (χ2n) is 7.87. The van der Waals surface area contributed by atoms with Gasteiger partial charge in [0.1, 0.15) is 11.3 Å². The highest BCUT2D eigenvalue weighted by atomic mass is 32.1. The number of primary amides is 1. The Hall–Kier alpha value is -2.41. The topological polar surface area (TPSA) is 85.5 Å². The van der Waals surface area contributed by atoms with E-state index in [9.17, 15) is 9.59 Å². The lowest BCUT2D eigenvalue weighted by Crippen LogP contribution is -2.35. The molecule has 1 saturated heterocycles. The molecule has 3 rings (SSSR count). The molecule has 2 heterocycles. The molecule has 0 radical (unpaired) electrons. The molecule has 1 fully saturated rings. The van der Waals surface area contributed by atoms with Gasteiger partial charge in [-0.25, -0.2) is 9.78 Å². The summed E-state index contributed by atoms with van der Waals surface area (Å²) in [4.78, 5) is 31.2. The van der Waals surface area contributed by atoms with Crippen LogP contribution in [-0.2, 0) is 4.74 Å². The van der Waals surface area contributed by atoms with Gasteiger partial charge in [-0.15, -0.1) is 11.3 Å². The molecule has 27 heavy (non-hydrogen) atoms. The largest absolute Gasteiger partial charge is 0.444 e. The van der Waals surface area contributed by atoms with Crippen LogP contribution in [0.1, 0.15) is 54.2 Å². The Bertz CT molecular complexity index is 852. The number of likely N-dealkylation sites (tertiary alicyclic amines) is 1. The van der Waals surface area contributed by atoms with Crippen LogP contribution in [0.25, 0.3) is 10.4 Å². The summed E-state index contributed by atoms with van der Waals surface area (Å²) in [5.41, 5.74) is 7.42. The van der Waals surface area contributed by atoms with Crippen molar-refractivity contribution in [2.75, 3.05) is 13.1 Å². The molecule has 2 aromatic rings. The third-order valence-electron chi connectivity index (χ3n) is 4.38. The van der Waals surface area contributed by atoms with Gasteiger partial charge >= 0.3 is 6.09 Å². The maximum atomic E-state index is 12.3. The molecule has 2 N–H and O–H groups in total. The smallest absolute Gasteiger partial charge is 0.410 e. The molecule has 0 aliphatic carbocycles. The average molecular weight is 388 g/mol. The van der Waals surface area contributed by atoms with Crippen molar-refractivity contribution in [1.29, 1.82) is 0 Å². The predicted molar refractivity (Wildman–Crippen MR) is 106 cm³/mol. The molecule has 2 amide bonds. The number of amides is 2. The van der Waals surface area contributed by atoms with E-state index in [1.807, 2.05) is 52.0 Å². The molecule has 1 aromatic carbocycles. The molecule has 0 spiro atoms. The number of thiazole rings is 1. The predicted octanol–water partition coefficient (Wildman–Crippen LogP) is 3.94. The monoisotopic (exact) mass is 387 g/mol. The molecule has 1 atom stereocenters. The van der Waals surface area contributed by atoms with Gasteiger partial charge in [-0.2, -0.15) is 0 Å². The average Bonchev–Trinajstić information content (AvgIpc) is 3.21. The van der Waals surface area contributed by atoms with Gasteiger partial charge < -0.3 is 15.4 Å². The molecule has 1 unspecified atom stereocenters. The Morgan fingerprint density at radius 2 is 1.93 bits per heavy atom. The molecule has 1 aromatic heterocycles. The van der Waals surface area contributed by atoms with E-state index in [0.29, 0.717) is 18.8 Å². The van der Waals surface area contributed by atoms with Gasteiger partial charge in [0.25, 0.3) is 5.91 Å². The molecule has 1 aliphatic heterocycles. The number of benzene rings is 1. The SMILES string of the molecule is Cc1ccc(-c2sc(C3CCN(C(=O)OC(C)(C)C)C3)nc2C(N)=O)cc1. The Morgan fingerprint density at radius 3 is 2.52 bits per heavy atom. The van der Waals surface area contributed by atoms with E-state index in [-0.39, 0.29) is 12.0 Å². The summed E-state index contributed by atoms with van der Waals surface area (Å²) in [6.45, 7) is 8.73. The van der Waals surface area contributed by atoms with Gasteiger partial charge in [0.15, 0.2) is 0 Å². The van der Waals surface area contributed by atoms with Crippen LogP contribution >= 0.6 is 11.3 Å². The highest BCUT2D eigenvalue weighted by Crippen LogP contribution is 2.37. The summed E-state index contributed by atoms with van der Waals surface area (Å²) in [7, 11) is 0. The molecule has 0 saturated carbocycles. The third kappa shape index (κ3) is 4.47. The van der Waals surface area contributed by atoms with Crippen molar-refractivity contribution in [3.05, 3.63) is 40.5 Å². The number of rotatable bonds is 3. The van der Waals surface area contributed by atoms with Crippen molar-refractivity contribution in [2.45, 2.75) is 45.6 Å².